The van der Waals surface area contributed by atoms with Crippen LogP contribution in [0.4, 0.5) is 0 Å². The molecule has 1 aliphatic rings. The molecule has 0 aromatic carbocycles. The monoisotopic (exact) mass is 264 g/mol. The fourth-order valence-corrected chi connectivity index (χ4v) is 3.59. The van der Waals surface area contributed by atoms with Gasteiger partial charge in [-0.25, -0.2) is 8.42 Å². The number of nitrogens with one attached hydrogen (secondary N) is 1. The van der Waals surface area contributed by atoms with Gasteiger partial charge in [0.15, 0.2) is 9.84 Å². The SMILES string of the molecule is NCCOCCC(=O)NCC1CCS(=O)(=O)C1. The quantitative estimate of drug-likeness (QED) is 0.569. The van der Waals surface area contributed by atoms with E-state index in [1.807, 2.05) is 0 Å². The van der Waals surface area contributed by atoms with Gasteiger partial charge in [0.05, 0.1) is 24.7 Å². The molecule has 1 rings (SSSR count). The highest BCUT2D eigenvalue weighted by Crippen LogP contribution is 2.17. The summed E-state index contributed by atoms with van der Waals surface area (Å²) in [6, 6.07) is 0. The minimum Gasteiger partial charge on any atom is -0.380 e. The van der Waals surface area contributed by atoms with E-state index in [9.17, 15) is 13.2 Å². The predicted octanol–water partition coefficient (Wildman–Crippen LogP) is -1.10. The number of amides is 1. The van der Waals surface area contributed by atoms with Crippen molar-refractivity contribution in [3.63, 3.8) is 0 Å². The molecule has 0 aliphatic carbocycles. The zero-order valence-electron chi connectivity index (χ0n) is 9.85. The largest absolute Gasteiger partial charge is 0.380 e. The summed E-state index contributed by atoms with van der Waals surface area (Å²) in [4.78, 5) is 11.4. The van der Waals surface area contributed by atoms with Gasteiger partial charge in [0.1, 0.15) is 0 Å². The molecular weight excluding hydrogens is 244 g/mol. The first-order valence-corrected chi connectivity index (χ1v) is 7.60. The van der Waals surface area contributed by atoms with Crippen molar-refractivity contribution in [3.05, 3.63) is 0 Å². The standard InChI is InChI=1S/C10H20N2O4S/c11-3-5-16-4-1-10(13)12-7-9-2-6-17(14,15)8-9/h9H,1-8,11H2,(H,12,13). The normalized spacial score (nSPS) is 22.5. The van der Waals surface area contributed by atoms with Gasteiger partial charge < -0.3 is 15.8 Å². The van der Waals surface area contributed by atoms with Crippen molar-refractivity contribution < 1.29 is 17.9 Å². The van der Waals surface area contributed by atoms with Crippen molar-refractivity contribution in [2.75, 3.05) is 37.8 Å². The second-order valence-corrected chi connectivity index (χ2v) is 6.45. The molecule has 6 nitrogen and oxygen atoms in total. The summed E-state index contributed by atoms with van der Waals surface area (Å²) in [5.41, 5.74) is 5.23. The zero-order valence-corrected chi connectivity index (χ0v) is 10.7. The van der Waals surface area contributed by atoms with Crippen molar-refractivity contribution in [2.45, 2.75) is 12.8 Å². The first-order valence-electron chi connectivity index (χ1n) is 5.78. The van der Waals surface area contributed by atoms with Crippen LogP contribution in [0.15, 0.2) is 0 Å². The number of hydrogen-bond donors (Lipinski definition) is 2. The molecule has 0 aromatic rings. The molecule has 1 amide bonds. The van der Waals surface area contributed by atoms with Gasteiger partial charge >= 0.3 is 0 Å². The molecule has 1 unspecified atom stereocenters. The molecule has 1 aliphatic heterocycles. The number of ether oxygens (including phenoxy) is 1. The van der Waals surface area contributed by atoms with E-state index in [2.05, 4.69) is 5.32 Å². The number of hydrogen-bond acceptors (Lipinski definition) is 5. The maximum absolute atomic E-state index is 11.4. The highest BCUT2D eigenvalue weighted by Gasteiger charge is 2.27. The van der Waals surface area contributed by atoms with Gasteiger partial charge in [-0.2, -0.15) is 0 Å². The number of nitrogens with two attached hydrogens (primary N) is 1. The van der Waals surface area contributed by atoms with Crippen molar-refractivity contribution in [3.8, 4) is 0 Å². The van der Waals surface area contributed by atoms with Gasteiger partial charge in [-0.15, -0.1) is 0 Å². The molecular formula is C10H20N2O4S. The van der Waals surface area contributed by atoms with E-state index in [-0.39, 0.29) is 23.3 Å². The van der Waals surface area contributed by atoms with Gasteiger partial charge in [-0.05, 0) is 12.3 Å². The molecule has 1 atom stereocenters. The fourth-order valence-electron chi connectivity index (χ4n) is 1.73. The molecule has 1 saturated heterocycles. The summed E-state index contributed by atoms with van der Waals surface area (Å²) < 4.78 is 27.4. The van der Waals surface area contributed by atoms with E-state index in [1.165, 1.54) is 0 Å². The maximum atomic E-state index is 11.4. The Hall–Kier alpha value is -0.660. The Kier molecular flexibility index (Phi) is 5.87. The van der Waals surface area contributed by atoms with E-state index in [0.717, 1.165) is 0 Å². The Morgan fingerprint density at radius 3 is 2.76 bits per heavy atom. The van der Waals surface area contributed by atoms with Crippen molar-refractivity contribution >= 4 is 15.7 Å². The van der Waals surface area contributed by atoms with Crippen molar-refractivity contribution in [2.24, 2.45) is 11.7 Å². The van der Waals surface area contributed by atoms with Crippen LogP contribution in [0.3, 0.4) is 0 Å². The second kappa shape index (κ2) is 6.93. The third kappa shape index (κ3) is 5.99. The molecule has 100 valence electrons. The minimum atomic E-state index is -2.86. The third-order valence-electron chi connectivity index (χ3n) is 2.65. The van der Waals surface area contributed by atoms with E-state index >= 15 is 0 Å². The average molecular weight is 264 g/mol. The lowest BCUT2D eigenvalue weighted by Crippen LogP contribution is -2.30. The molecule has 3 N–H and O–H groups in total. The predicted molar refractivity (Wildman–Crippen MR) is 64.3 cm³/mol. The van der Waals surface area contributed by atoms with Crippen LogP contribution in [0.2, 0.25) is 0 Å². The highest BCUT2D eigenvalue weighted by atomic mass is 32.2. The summed E-state index contributed by atoms with van der Waals surface area (Å²) in [7, 11) is -2.86. The lowest BCUT2D eigenvalue weighted by atomic mass is 10.1. The average Bonchev–Trinajstić information content (AvgIpc) is 2.62. The highest BCUT2D eigenvalue weighted by molar-refractivity contribution is 7.91. The molecule has 1 fully saturated rings. The first kappa shape index (κ1) is 14.4. The smallest absolute Gasteiger partial charge is 0.222 e. The van der Waals surface area contributed by atoms with E-state index < -0.39 is 9.84 Å². The fraction of sp³-hybridized carbons (Fsp3) is 0.900. The van der Waals surface area contributed by atoms with Crippen molar-refractivity contribution in [1.82, 2.24) is 5.32 Å². The molecule has 0 spiro atoms. The molecule has 0 bridgehead atoms. The lowest BCUT2D eigenvalue weighted by Gasteiger charge is -2.09. The van der Waals surface area contributed by atoms with Gasteiger partial charge in [0, 0.05) is 19.5 Å². The second-order valence-electron chi connectivity index (χ2n) is 4.22. The number of rotatable bonds is 7. The van der Waals surface area contributed by atoms with Crippen LogP contribution in [-0.4, -0.2) is 52.1 Å². The molecule has 7 heteroatoms. The summed E-state index contributed by atoms with van der Waals surface area (Å²) in [5, 5.41) is 2.72. The summed E-state index contributed by atoms with van der Waals surface area (Å²) in [6.07, 6.45) is 0.936. The molecule has 17 heavy (non-hydrogen) atoms. The van der Waals surface area contributed by atoms with Crippen LogP contribution in [0.25, 0.3) is 0 Å². The lowest BCUT2D eigenvalue weighted by molar-refractivity contribution is -0.122. The number of sulfone groups is 1. The summed E-state index contributed by atoms with van der Waals surface area (Å²) in [5.74, 6) is 0.393. The zero-order chi connectivity index (χ0) is 12.7. The molecule has 0 aromatic heterocycles. The number of carbonyl (C=O) groups excluding carboxylic acids is 1. The van der Waals surface area contributed by atoms with Gasteiger partial charge in [-0.3, -0.25) is 4.79 Å². The van der Waals surface area contributed by atoms with Gasteiger partial charge in [0.25, 0.3) is 0 Å². The Morgan fingerprint density at radius 2 is 2.18 bits per heavy atom. The van der Waals surface area contributed by atoms with Crippen LogP contribution >= 0.6 is 0 Å². The van der Waals surface area contributed by atoms with Crippen LogP contribution in [0, 0.1) is 5.92 Å². The first-order chi connectivity index (χ1) is 8.03. The van der Waals surface area contributed by atoms with Crippen LogP contribution in [-0.2, 0) is 19.4 Å². The van der Waals surface area contributed by atoms with Crippen molar-refractivity contribution in [1.29, 1.82) is 0 Å². The Balaban J connectivity index is 2.08. The Morgan fingerprint density at radius 1 is 1.41 bits per heavy atom. The maximum Gasteiger partial charge on any atom is 0.222 e. The minimum absolute atomic E-state index is 0.0638. The molecule has 1 heterocycles. The van der Waals surface area contributed by atoms with Crippen LogP contribution in [0.1, 0.15) is 12.8 Å². The van der Waals surface area contributed by atoms with Gasteiger partial charge in [0.2, 0.25) is 5.91 Å². The third-order valence-corrected chi connectivity index (χ3v) is 4.49. The van der Waals surface area contributed by atoms with Crippen LogP contribution < -0.4 is 11.1 Å². The summed E-state index contributed by atoms with van der Waals surface area (Å²) >= 11 is 0. The van der Waals surface area contributed by atoms with Crippen LogP contribution in [0.5, 0.6) is 0 Å². The Bertz CT molecular complexity index is 342. The number of carbonyl (C=O) groups is 1. The van der Waals surface area contributed by atoms with E-state index in [1.54, 1.807) is 0 Å². The van der Waals surface area contributed by atoms with E-state index in [4.69, 9.17) is 10.5 Å². The topological polar surface area (TPSA) is 98.5 Å². The van der Waals surface area contributed by atoms with Gasteiger partial charge in [-0.1, -0.05) is 0 Å². The summed E-state index contributed by atoms with van der Waals surface area (Å²) in [6.45, 7) is 1.69. The molecule has 0 saturated carbocycles. The molecule has 0 radical (unpaired) electrons. The Labute approximate surface area is 102 Å². The van der Waals surface area contributed by atoms with E-state index in [0.29, 0.717) is 39.1 Å².